The van der Waals surface area contributed by atoms with Gasteiger partial charge in [0.2, 0.25) is 6.23 Å². The number of pyridine rings is 1. The van der Waals surface area contributed by atoms with Gasteiger partial charge in [-0.2, -0.15) is 0 Å². The Bertz CT molecular complexity index is 1210. The third-order valence-corrected chi connectivity index (χ3v) is 6.26. The molecular weight excluding hydrogens is 465 g/mol. The molecule has 4 rings (SSSR count). The van der Waals surface area contributed by atoms with Crippen LogP contribution in [-0.2, 0) is 4.74 Å². The lowest BCUT2D eigenvalue weighted by molar-refractivity contribution is 0.0693. The first kappa shape index (κ1) is 21.7. The van der Waals surface area contributed by atoms with Gasteiger partial charge in [-0.05, 0) is 18.2 Å². The molecule has 0 spiro atoms. The van der Waals surface area contributed by atoms with Crippen molar-refractivity contribution in [2.75, 3.05) is 20.3 Å². The largest absolute Gasteiger partial charge is 0.492 e. The summed E-state index contributed by atoms with van der Waals surface area (Å²) in [6.45, 7) is 0.969. The summed E-state index contributed by atoms with van der Waals surface area (Å²) in [4.78, 5) is 24.7. The van der Waals surface area contributed by atoms with Crippen molar-refractivity contribution in [1.82, 2.24) is 4.57 Å². The molecule has 1 aliphatic heterocycles. The number of aromatic nitrogens is 1. The molecule has 10 heteroatoms. The highest BCUT2D eigenvalue weighted by molar-refractivity contribution is 7.16. The molecule has 7 nitrogen and oxygen atoms in total. The summed E-state index contributed by atoms with van der Waals surface area (Å²) in [5.41, 5.74) is 0.0824. The maximum Gasteiger partial charge on any atom is 0.341 e. The van der Waals surface area contributed by atoms with Crippen LogP contribution in [0, 0.1) is 0 Å². The van der Waals surface area contributed by atoms with E-state index in [0.29, 0.717) is 51.7 Å². The van der Waals surface area contributed by atoms with Crippen molar-refractivity contribution >= 4 is 40.5 Å². The van der Waals surface area contributed by atoms with Gasteiger partial charge in [0.1, 0.15) is 17.1 Å². The summed E-state index contributed by atoms with van der Waals surface area (Å²) in [7, 11) is 1.62. The number of carboxylic acid groups (broad SMARTS) is 1. The zero-order valence-electron chi connectivity index (χ0n) is 16.3. The number of thiophene rings is 1. The molecule has 1 atom stereocenters. The van der Waals surface area contributed by atoms with Gasteiger partial charge in [-0.3, -0.25) is 4.79 Å². The number of benzene rings is 1. The minimum absolute atomic E-state index is 0.346. The normalized spacial score (nSPS) is 14.5. The highest BCUT2D eigenvalue weighted by atomic mass is 35.5. The Hall–Kier alpha value is -2.52. The number of rotatable bonds is 7. The molecule has 2 aromatic heterocycles. The van der Waals surface area contributed by atoms with Crippen molar-refractivity contribution in [3.63, 3.8) is 0 Å². The van der Waals surface area contributed by atoms with Gasteiger partial charge >= 0.3 is 5.97 Å². The zero-order valence-corrected chi connectivity index (χ0v) is 18.6. The molecule has 0 bridgehead atoms. The Labute approximate surface area is 191 Å². The van der Waals surface area contributed by atoms with Crippen LogP contribution in [-0.4, -0.2) is 36.0 Å². The Kier molecular flexibility index (Phi) is 6.24. The number of hydrogen-bond acceptors (Lipinski definition) is 6. The monoisotopic (exact) mass is 481 g/mol. The SMILES string of the molecule is COCCCOc1cc2c(cc1Cl)-c1cc(=O)c(C(=O)O)cn1[C@@H](c1ccc(Cl)s1)O2. The Morgan fingerprint density at radius 2 is 2.06 bits per heavy atom. The Morgan fingerprint density at radius 1 is 1.26 bits per heavy atom. The van der Waals surface area contributed by atoms with Gasteiger partial charge in [0.15, 0.2) is 5.43 Å². The number of carbonyl (C=O) groups is 1. The van der Waals surface area contributed by atoms with E-state index in [0.717, 1.165) is 4.88 Å². The second kappa shape index (κ2) is 8.92. The lowest BCUT2D eigenvalue weighted by Crippen LogP contribution is -2.27. The van der Waals surface area contributed by atoms with E-state index in [-0.39, 0.29) is 5.56 Å². The third-order valence-electron chi connectivity index (χ3n) is 4.70. The fourth-order valence-corrected chi connectivity index (χ4v) is 4.59. The van der Waals surface area contributed by atoms with E-state index < -0.39 is 17.6 Å². The number of hydrogen-bond donors (Lipinski definition) is 1. The fraction of sp³-hybridized carbons (Fsp3) is 0.238. The van der Waals surface area contributed by atoms with Crippen LogP contribution in [0.15, 0.2) is 41.3 Å². The van der Waals surface area contributed by atoms with Gasteiger partial charge in [0.25, 0.3) is 0 Å². The Morgan fingerprint density at radius 3 is 2.74 bits per heavy atom. The highest BCUT2D eigenvalue weighted by Crippen LogP contribution is 2.45. The van der Waals surface area contributed by atoms with Crippen LogP contribution < -0.4 is 14.9 Å². The average Bonchev–Trinajstić information content (AvgIpc) is 3.16. The fourth-order valence-electron chi connectivity index (χ4n) is 3.28. The molecule has 3 heterocycles. The number of carboxylic acids is 1. The van der Waals surface area contributed by atoms with Crippen LogP contribution in [0.3, 0.4) is 0 Å². The maximum atomic E-state index is 12.4. The first-order valence-electron chi connectivity index (χ1n) is 9.26. The molecule has 0 saturated heterocycles. The number of methoxy groups -OCH3 is 1. The molecule has 3 aromatic rings. The van der Waals surface area contributed by atoms with E-state index >= 15 is 0 Å². The van der Waals surface area contributed by atoms with Gasteiger partial charge in [-0.1, -0.05) is 23.2 Å². The van der Waals surface area contributed by atoms with Gasteiger partial charge in [-0.15, -0.1) is 11.3 Å². The minimum atomic E-state index is -1.31. The van der Waals surface area contributed by atoms with Crippen LogP contribution in [0.1, 0.15) is 27.9 Å². The maximum absolute atomic E-state index is 12.4. The molecule has 1 aromatic carbocycles. The lowest BCUT2D eigenvalue weighted by Gasteiger charge is -2.31. The smallest absolute Gasteiger partial charge is 0.341 e. The molecule has 0 unspecified atom stereocenters. The number of nitrogens with zero attached hydrogens (tertiary/aromatic N) is 1. The van der Waals surface area contributed by atoms with E-state index in [9.17, 15) is 14.7 Å². The number of ether oxygens (including phenoxy) is 3. The summed E-state index contributed by atoms with van der Waals surface area (Å²) >= 11 is 13.8. The van der Waals surface area contributed by atoms with Crippen LogP contribution in [0.25, 0.3) is 11.3 Å². The first-order valence-corrected chi connectivity index (χ1v) is 10.8. The predicted octanol–water partition coefficient (Wildman–Crippen LogP) is 4.94. The van der Waals surface area contributed by atoms with Crippen molar-refractivity contribution in [3.8, 4) is 22.8 Å². The molecule has 0 saturated carbocycles. The standard InChI is InChI=1S/C21H17Cl2NO6S/c1-28-5-2-6-29-17-9-16-11(7-13(17)22)14-8-15(25)12(21(26)27)10-24(14)20(30-16)18-3-4-19(23)31-18/h3-4,7-10,20H,2,5-6H2,1H3,(H,26,27)/t20-/m1/s1. The van der Waals surface area contributed by atoms with E-state index in [2.05, 4.69) is 0 Å². The predicted molar refractivity (Wildman–Crippen MR) is 118 cm³/mol. The van der Waals surface area contributed by atoms with E-state index in [4.69, 9.17) is 37.4 Å². The zero-order chi connectivity index (χ0) is 22.1. The quantitative estimate of drug-likeness (QED) is 0.481. The van der Waals surface area contributed by atoms with Crippen LogP contribution >= 0.6 is 34.5 Å². The number of aromatic carboxylic acids is 1. The van der Waals surface area contributed by atoms with Crippen LogP contribution in [0.2, 0.25) is 9.36 Å². The van der Waals surface area contributed by atoms with Crippen molar-refractivity contribution < 1.29 is 24.1 Å². The molecule has 0 aliphatic carbocycles. The van der Waals surface area contributed by atoms with E-state index in [1.54, 1.807) is 35.9 Å². The van der Waals surface area contributed by atoms with Gasteiger partial charge in [0.05, 0.1) is 26.5 Å². The van der Waals surface area contributed by atoms with Crippen LogP contribution in [0.4, 0.5) is 0 Å². The Balaban J connectivity index is 1.83. The summed E-state index contributed by atoms with van der Waals surface area (Å²) in [5.74, 6) is -0.410. The summed E-state index contributed by atoms with van der Waals surface area (Å²) < 4.78 is 19.1. The lowest BCUT2D eigenvalue weighted by atomic mass is 10.1. The summed E-state index contributed by atoms with van der Waals surface area (Å²) in [6, 6.07) is 8.12. The van der Waals surface area contributed by atoms with Crippen molar-refractivity contribution in [2.45, 2.75) is 12.6 Å². The van der Waals surface area contributed by atoms with Crippen molar-refractivity contribution in [1.29, 1.82) is 0 Å². The molecule has 1 aliphatic rings. The minimum Gasteiger partial charge on any atom is -0.492 e. The highest BCUT2D eigenvalue weighted by Gasteiger charge is 2.30. The topological polar surface area (TPSA) is 87.0 Å². The van der Waals surface area contributed by atoms with Crippen molar-refractivity contribution in [3.05, 3.63) is 66.6 Å². The van der Waals surface area contributed by atoms with E-state index in [1.807, 2.05) is 0 Å². The van der Waals surface area contributed by atoms with Crippen LogP contribution in [0.5, 0.6) is 11.5 Å². The molecule has 0 fully saturated rings. The second-order valence-corrected chi connectivity index (χ2v) is 8.89. The van der Waals surface area contributed by atoms with Crippen molar-refractivity contribution in [2.24, 2.45) is 0 Å². The summed E-state index contributed by atoms with van der Waals surface area (Å²) in [5, 5.41) is 9.75. The first-order chi connectivity index (χ1) is 14.9. The molecule has 31 heavy (non-hydrogen) atoms. The summed E-state index contributed by atoms with van der Waals surface area (Å²) in [6.07, 6.45) is 1.27. The van der Waals surface area contributed by atoms with E-state index in [1.165, 1.54) is 23.6 Å². The number of halogens is 2. The molecule has 0 radical (unpaired) electrons. The molecule has 162 valence electrons. The molecular formula is C21H17Cl2NO6S. The molecule has 0 amide bonds. The van der Waals surface area contributed by atoms with Gasteiger partial charge in [0, 0.05) is 44.0 Å². The third kappa shape index (κ3) is 4.29. The number of fused-ring (bicyclic) bond motifs is 3. The van der Waals surface area contributed by atoms with Gasteiger partial charge < -0.3 is 23.9 Å². The second-order valence-electron chi connectivity index (χ2n) is 6.73. The average molecular weight is 482 g/mol. The van der Waals surface area contributed by atoms with Gasteiger partial charge in [-0.25, -0.2) is 4.79 Å². The molecule has 1 N–H and O–H groups in total.